The van der Waals surface area contributed by atoms with E-state index < -0.39 is 0 Å². The predicted molar refractivity (Wildman–Crippen MR) is 118 cm³/mol. The second-order valence-electron chi connectivity index (χ2n) is 8.38. The smallest absolute Gasteiger partial charge is 0.216 e. The number of rotatable bonds is 10. The number of nitrogens with one attached hydrogen (secondary N) is 2. The largest absolute Gasteiger partial charge is 0.356 e. The van der Waals surface area contributed by atoms with Gasteiger partial charge in [-0.3, -0.25) is 4.79 Å². The van der Waals surface area contributed by atoms with Crippen molar-refractivity contribution < 1.29 is 4.79 Å². The molecule has 1 saturated carbocycles. The van der Waals surface area contributed by atoms with Gasteiger partial charge in [0.25, 0.3) is 0 Å². The highest BCUT2D eigenvalue weighted by Gasteiger charge is 2.33. The first kappa shape index (κ1) is 21.5. The van der Waals surface area contributed by atoms with Crippen LogP contribution in [0, 0.1) is 0 Å². The lowest BCUT2D eigenvalue weighted by Gasteiger charge is -2.20. The van der Waals surface area contributed by atoms with Crippen LogP contribution < -0.4 is 10.6 Å². The highest BCUT2D eigenvalue weighted by atomic mass is 16.1. The number of hydrogen-bond donors (Lipinski definition) is 2. The van der Waals surface area contributed by atoms with E-state index in [4.69, 9.17) is 10.2 Å². The molecule has 1 amide bonds. The van der Waals surface area contributed by atoms with Crippen molar-refractivity contribution in [3.8, 4) is 0 Å². The Morgan fingerprint density at radius 2 is 2.07 bits per heavy atom. The molecule has 0 aromatic carbocycles. The average Bonchev–Trinajstić information content (AvgIpc) is 3.47. The topological polar surface area (TPSA) is 71.8 Å². The summed E-state index contributed by atoms with van der Waals surface area (Å²) in [6.45, 7) is 9.71. The highest BCUT2D eigenvalue weighted by Crippen LogP contribution is 2.41. The first-order valence-corrected chi connectivity index (χ1v) is 11.0. The van der Waals surface area contributed by atoms with Gasteiger partial charge in [-0.05, 0) is 37.7 Å². The third-order valence-electron chi connectivity index (χ3n) is 5.56. The van der Waals surface area contributed by atoms with E-state index in [2.05, 4.69) is 60.3 Å². The maximum atomic E-state index is 11.3. The third-order valence-corrected chi connectivity index (χ3v) is 5.56. The van der Waals surface area contributed by atoms with Gasteiger partial charge >= 0.3 is 0 Å². The van der Waals surface area contributed by atoms with E-state index in [1.807, 2.05) is 0 Å². The van der Waals surface area contributed by atoms with Crippen LogP contribution in [0.5, 0.6) is 0 Å². The molecule has 1 aromatic heterocycles. The molecule has 6 heteroatoms. The number of nitrogens with zero attached hydrogens (tertiary/aromatic N) is 3. The second kappa shape index (κ2) is 10.0. The van der Waals surface area contributed by atoms with Gasteiger partial charge in [0.1, 0.15) is 5.82 Å². The van der Waals surface area contributed by atoms with Gasteiger partial charge in [0, 0.05) is 43.6 Å². The summed E-state index contributed by atoms with van der Waals surface area (Å²) in [5.41, 5.74) is 2.47. The lowest BCUT2D eigenvalue weighted by atomic mass is 10.0. The molecule has 0 aliphatic heterocycles. The minimum absolute atomic E-state index is 0.00903. The number of carbonyl (C=O) groups excluding carboxylic acids is 1. The van der Waals surface area contributed by atoms with Crippen LogP contribution in [0.25, 0.3) is 5.57 Å². The zero-order chi connectivity index (χ0) is 20.8. The van der Waals surface area contributed by atoms with Crippen LogP contribution in [0.4, 0.5) is 0 Å². The van der Waals surface area contributed by atoms with Gasteiger partial charge in [-0.2, -0.15) is 0 Å². The maximum Gasteiger partial charge on any atom is 0.216 e. The number of carbonyl (C=O) groups is 1. The monoisotopic (exact) mass is 397 g/mol. The fraction of sp³-hybridized carbons (Fsp3) is 0.609. The van der Waals surface area contributed by atoms with E-state index in [-0.39, 0.29) is 5.91 Å². The van der Waals surface area contributed by atoms with Gasteiger partial charge < -0.3 is 15.2 Å². The van der Waals surface area contributed by atoms with Crippen LogP contribution in [0.2, 0.25) is 0 Å². The molecule has 2 aliphatic carbocycles. The fourth-order valence-electron chi connectivity index (χ4n) is 3.79. The van der Waals surface area contributed by atoms with Crippen LogP contribution in [0.15, 0.2) is 29.9 Å². The van der Waals surface area contributed by atoms with E-state index in [9.17, 15) is 4.79 Å². The Morgan fingerprint density at radius 3 is 2.72 bits per heavy atom. The summed E-state index contributed by atoms with van der Waals surface area (Å²) in [7, 11) is 0. The SMILES string of the molecule is CC[C@H](CNC(C)C)c1nnc(C2=C(CCNC(C)=O)C=CC=CC2)n1C1CC1. The standard InChI is InChI=1S/C23H35N5O/c1-5-18(15-25-16(2)3)22-26-27-23(28(22)20-11-12-20)21-10-8-6-7-9-19(21)13-14-24-17(4)29/h6-9,16,18,20,25H,5,10-15H2,1-4H3,(H,24,29)/t18-/m1/s1. The second-order valence-corrected chi connectivity index (χ2v) is 8.38. The molecule has 2 aliphatic rings. The van der Waals surface area contributed by atoms with Crippen molar-refractivity contribution in [3.05, 3.63) is 41.5 Å². The summed E-state index contributed by atoms with van der Waals surface area (Å²) < 4.78 is 2.41. The molecule has 1 fully saturated rings. The van der Waals surface area contributed by atoms with E-state index >= 15 is 0 Å². The van der Waals surface area contributed by atoms with Gasteiger partial charge in [0.15, 0.2) is 5.82 Å². The van der Waals surface area contributed by atoms with Gasteiger partial charge in [-0.1, -0.05) is 45.1 Å². The Kier molecular flexibility index (Phi) is 7.42. The van der Waals surface area contributed by atoms with Gasteiger partial charge in [0.05, 0.1) is 0 Å². The van der Waals surface area contributed by atoms with Crippen molar-refractivity contribution in [2.75, 3.05) is 13.1 Å². The quantitative estimate of drug-likeness (QED) is 0.628. The lowest BCUT2D eigenvalue weighted by Crippen LogP contribution is -2.29. The summed E-state index contributed by atoms with van der Waals surface area (Å²) in [5.74, 6) is 2.50. The molecule has 1 heterocycles. The molecule has 1 aromatic rings. The molecule has 2 N–H and O–H groups in total. The highest BCUT2D eigenvalue weighted by molar-refractivity contribution is 5.73. The van der Waals surface area contributed by atoms with Gasteiger partial charge in [0.2, 0.25) is 5.91 Å². The molecule has 0 saturated heterocycles. The molecule has 0 spiro atoms. The van der Waals surface area contributed by atoms with E-state index in [1.165, 1.54) is 24.0 Å². The predicted octanol–water partition coefficient (Wildman–Crippen LogP) is 3.90. The maximum absolute atomic E-state index is 11.3. The zero-order valence-electron chi connectivity index (χ0n) is 18.2. The molecular formula is C23H35N5O. The first-order chi connectivity index (χ1) is 14.0. The molecule has 1 atom stereocenters. The number of aromatic nitrogens is 3. The lowest BCUT2D eigenvalue weighted by molar-refractivity contribution is -0.118. The summed E-state index contributed by atoms with van der Waals surface area (Å²) in [4.78, 5) is 11.3. The van der Waals surface area contributed by atoms with Crippen molar-refractivity contribution >= 4 is 11.5 Å². The van der Waals surface area contributed by atoms with Crippen LogP contribution in [0.3, 0.4) is 0 Å². The van der Waals surface area contributed by atoms with Crippen molar-refractivity contribution in [1.29, 1.82) is 0 Å². The zero-order valence-corrected chi connectivity index (χ0v) is 18.2. The summed E-state index contributed by atoms with van der Waals surface area (Å²) in [5, 5.41) is 15.9. The Hall–Kier alpha value is -2.21. The van der Waals surface area contributed by atoms with Crippen molar-refractivity contribution in [2.45, 2.75) is 77.8 Å². The van der Waals surface area contributed by atoms with E-state index in [0.29, 0.717) is 24.5 Å². The van der Waals surface area contributed by atoms with Crippen LogP contribution in [-0.2, 0) is 4.79 Å². The normalized spacial score (nSPS) is 17.7. The minimum Gasteiger partial charge on any atom is -0.356 e. The summed E-state index contributed by atoms with van der Waals surface area (Å²) in [6.07, 6.45) is 13.6. The number of allylic oxidation sites excluding steroid dienone is 5. The molecule has 3 rings (SSSR count). The van der Waals surface area contributed by atoms with E-state index in [0.717, 1.165) is 37.5 Å². The molecule has 6 nitrogen and oxygen atoms in total. The Bertz CT molecular complexity index is 798. The Labute approximate surface area is 174 Å². The third kappa shape index (κ3) is 5.66. The molecule has 0 bridgehead atoms. The van der Waals surface area contributed by atoms with Gasteiger partial charge in [-0.15, -0.1) is 10.2 Å². The molecule has 0 radical (unpaired) electrons. The average molecular weight is 398 g/mol. The van der Waals surface area contributed by atoms with Gasteiger partial charge in [-0.25, -0.2) is 0 Å². The molecule has 0 unspecified atom stereocenters. The summed E-state index contributed by atoms with van der Waals surface area (Å²) in [6, 6.07) is 0.976. The van der Waals surface area contributed by atoms with Crippen LogP contribution >= 0.6 is 0 Å². The summed E-state index contributed by atoms with van der Waals surface area (Å²) >= 11 is 0. The van der Waals surface area contributed by atoms with Crippen molar-refractivity contribution in [1.82, 2.24) is 25.4 Å². The molecular weight excluding hydrogens is 362 g/mol. The number of hydrogen-bond acceptors (Lipinski definition) is 4. The van der Waals surface area contributed by atoms with Crippen LogP contribution in [0.1, 0.15) is 83.4 Å². The van der Waals surface area contributed by atoms with Crippen molar-refractivity contribution in [3.63, 3.8) is 0 Å². The fourth-order valence-corrected chi connectivity index (χ4v) is 3.79. The molecule has 158 valence electrons. The minimum atomic E-state index is 0.00903. The van der Waals surface area contributed by atoms with Crippen molar-refractivity contribution in [2.24, 2.45) is 0 Å². The molecule has 29 heavy (non-hydrogen) atoms. The van der Waals surface area contributed by atoms with Crippen LogP contribution in [-0.4, -0.2) is 39.8 Å². The Balaban J connectivity index is 1.94. The number of amides is 1. The first-order valence-electron chi connectivity index (χ1n) is 11.0. The van der Waals surface area contributed by atoms with E-state index in [1.54, 1.807) is 6.92 Å². The Morgan fingerprint density at radius 1 is 1.28 bits per heavy atom.